The van der Waals surface area contributed by atoms with Crippen molar-refractivity contribution in [3.05, 3.63) is 4.91 Å². The number of hydrogen-bond donors (Lipinski definition) is 1. The first-order valence-corrected chi connectivity index (χ1v) is 4.02. The van der Waals surface area contributed by atoms with E-state index in [1.165, 1.54) is 5.01 Å². The first-order chi connectivity index (χ1) is 5.25. The average molecular weight is 157 g/mol. The summed E-state index contributed by atoms with van der Waals surface area (Å²) in [4.78, 5) is 10.2. The Labute approximate surface area is 66.9 Å². The highest BCUT2D eigenvalue weighted by atomic mass is 16.3. The van der Waals surface area contributed by atoms with Gasteiger partial charge in [-0.05, 0) is 18.9 Å². The molecular formula is C7H15N3O. The van der Waals surface area contributed by atoms with Crippen LogP contribution in [0.4, 0.5) is 0 Å². The Kier molecular flexibility index (Phi) is 2.82. The lowest BCUT2D eigenvalue weighted by Gasteiger charge is -2.32. The van der Waals surface area contributed by atoms with E-state index in [0.29, 0.717) is 5.92 Å². The SMILES string of the molecule is C[C@@H]1CCNC[C@@H]1N(C)N=O. The van der Waals surface area contributed by atoms with Crippen LogP contribution in [0.1, 0.15) is 13.3 Å². The van der Waals surface area contributed by atoms with Crippen molar-refractivity contribution in [3.8, 4) is 0 Å². The lowest BCUT2D eigenvalue weighted by molar-refractivity contribution is 0.154. The predicted molar refractivity (Wildman–Crippen MR) is 44.0 cm³/mol. The number of rotatable bonds is 2. The summed E-state index contributed by atoms with van der Waals surface area (Å²) in [6.07, 6.45) is 1.13. The quantitative estimate of drug-likeness (QED) is 0.471. The largest absolute Gasteiger partial charge is 0.315 e. The predicted octanol–water partition coefficient (Wildman–Crippen LogP) is 0.598. The van der Waals surface area contributed by atoms with Gasteiger partial charge in [-0.15, -0.1) is 4.91 Å². The van der Waals surface area contributed by atoms with Gasteiger partial charge in [-0.2, -0.15) is 0 Å². The van der Waals surface area contributed by atoms with E-state index in [1.807, 2.05) is 0 Å². The zero-order valence-corrected chi connectivity index (χ0v) is 7.08. The third-order valence-electron chi connectivity index (χ3n) is 2.40. The molecule has 0 unspecified atom stereocenters. The normalized spacial score (nSPS) is 31.5. The van der Waals surface area contributed by atoms with E-state index in [1.54, 1.807) is 7.05 Å². The Morgan fingerprint density at radius 1 is 1.64 bits per heavy atom. The molecule has 0 spiro atoms. The van der Waals surface area contributed by atoms with Gasteiger partial charge in [0.05, 0.1) is 11.3 Å². The number of piperidine rings is 1. The molecule has 0 amide bonds. The Morgan fingerprint density at radius 2 is 2.36 bits per heavy atom. The van der Waals surface area contributed by atoms with E-state index in [4.69, 9.17) is 0 Å². The Morgan fingerprint density at radius 3 is 2.91 bits per heavy atom. The molecule has 64 valence electrons. The fourth-order valence-corrected chi connectivity index (χ4v) is 1.53. The minimum absolute atomic E-state index is 0.279. The zero-order valence-electron chi connectivity index (χ0n) is 7.08. The molecule has 1 fully saturated rings. The molecule has 1 rings (SSSR count). The summed E-state index contributed by atoms with van der Waals surface area (Å²) in [5, 5.41) is 7.66. The first-order valence-electron chi connectivity index (χ1n) is 4.02. The summed E-state index contributed by atoms with van der Waals surface area (Å²) in [7, 11) is 1.74. The fourth-order valence-electron chi connectivity index (χ4n) is 1.53. The second-order valence-corrected chi connectivity index (χ2v) is 3.19. The maximum atomic E-state index is 10.2. The fraction of sp³-hybridized carbons (Fsp3) is 1.00. The lowest BCUT2D eigenvalue weighted by Crippen LogP contribution is -2.46. The number of likely N-dealkylation sites (N-methyl/N-ethyl adjacent to an activating group) is 1. The molecule has 1 saturated heterocycles. The smallest absolute Gasteiger partial charge is 0.0649 e. The maximum absolute atomic E-state index is 10.2. The van der Waals surface area contributed by atoms with Crippen molar-refractivity contribution in [1.82, 2.24) is 10.3 Å². The molecular weight excluding hydrogens is 142 g/mol. The molecule has 0 saturated carbocycles. The van der Waals surface area contributed by atoms with Crippen LogP contribution in [0.3, 0.4) is 0 Å². The highest BCUT2D eigenvalue weighted by Gasteiger charge is 2.24. The van der Waals surface area contributed by atoms with Crippen molar-refractivity contribution >= 4 is 0 Å². The highest BCUT2D eigenvalue weighted by Crippen LogP contribution is 2.15. The molecule has 4 heteroatoms. The zero-order chi connectivity index (χ0) is 8.27. The summed E-state index contributed by atoms with van der Waals surface area (Å²) in [6, 6.07) is 0.279. The molecule has 1 aliphatic rings. The summed E-state index contributed by atoms with van der Waals surface area (Å²) in [5.41, 5.74) is 0. The van der Waals surface area contributed by atoms with Crippen molar-refractivity contribution in [1.29, 1.82) is 0 Å². The second kappa shape index (κ2) is 3.67. The van der Waals surface area contributed by atoms with Gasteiger partial charge in [-0.3, -0.25) is 5.01 Å². The van der Waals surface area contributed by atoms with Gasteiger partial charge < -0.3 is 5.32 Å². The van der Waals surface area contributed by atoms with Gasteiger partial charge in [0.15, 0.2) is 0 Å². The number of nitroso groups, excluding NO2 is 1. The van der Waals surface area contributed by atoms with E-state index in [-0.39, 0.29) is 6.04 Å². The Bertz CT molecular complexity index is 140. The van der Waals surface area contributed by atoms with Gasteiger partial charge >= 0.3 is 0 Å². The molecule has 1 N–H and O–H groups in total. The third kappa shape index (κ3) is 1.89. The highest BCUT2D eigenvalue weighted by molar-refractivity contribution is 4.80. The van der Waals surface area contributed by atoms with Gasteiger partial charge in [-0.1, -0.05) is 6.92 Å². The van der Waals surface area contributed by atoms with Crippen LogP contribution in [0.5, 0.6) is 0 Å². The maximum Gasteiger partial charge on any atom is 0.0649 e. The molecule has 1 aliphatic heterocycles. The van der Waals surface area contributed by atoms with E-state index < -0.39 is 0 Å². The summed E-state index contributed by atoms with van der Waals surface area (Å²) in [6.45, 7) is 4.10. The third-order valence-corrected chi connectivity index (χ3v) is 2.40. The van der Waals surface area contributed by atoms with E-state index in [2.05, 4.69) is 17.5 Å². The molecule has 0 aliphatic carbocycles. The van der Waals surface area contributed by atoms with Crippen molar-refractivity contribution in [2.75, 3.05) is 20.1 Å². The molecule has 0 aromatic carbocycles. The minimum atomic E-state index is 0.279. The molecule has 2 atom stereocenters. The van der Waals surface area contributed by atoms with Gasteiger partial charge in [0.2, 0.25) is 0 Å². The van der Waals surface area contributed by atoms with Crippen LogP contribution in [-0.4, -0.2) is 31.2 Å². The Hall–Kier alpha value is -0.640. The van der Waals surface area contributed by atoms with Crippen LogP contribution >= 0.6 is 0 Å². The van der Waals surface area contributed by atoms with Crippen LogP contribution in [0.2, 0.25) is 0 Å². The van der Waals surface area contributed by atoms with E-state index >= 15 is 0 Å². The summed E-state index contributed by atoms with van der Waals surface area (Å²) >= 11 is 0. The van der Waals surface area contributed by atoms with Gasteiger partial charge in [0.1, 0.15) is 0 Å². The molecule has 4 nitrogen and oxygen atoms in total. The number of hydrogen-bond acceptors (Lipinski definition) is 3. The van der Waals surface area contributed by atoms with Crippen LogP contribution < -0.4 is 5.32 Å². The molecule has 0 radical (unpaired) electrons. The molecule has 11 heavy (non-hydrogen) atoms. The molecule has 0 bridgehead atoms. The molecule has 1 heterocycles. The van der Waals surface area contributed by atoms with Gasteiger partial charge in [0.25, 0.3) is 0 Å². The minimum Gasteiger partial charge on any atom is -0.315 e. The summed E-state index contributed by atoms with van der Waals surface area (Å²) < 4.78 is 0. The van der Waals surface area contributed by atoms with Crippen LogP contribution in [0.15, 0.2) is 5.29 Å². The van der Waals surface area contributed by atoms with Gasteiger partial charge in [0, 0.05) is 13.6 Å². The molecule has 0 aromatic rings. The van der Waals surface area contributed by atoms with Crippen molar-refractivity contribution < 1.29 is 0 Å². The van der Waals surface area contributed by atoms with E-state index in [9.17, 15) is 4.91 Å². The molecule has 0 aromatic heterocycles. The van der Waals surface area contributed by atoms with Crippen molar-refractivity contribution in [3.63, 3.8) is 0 Å². The lowest BCUT2D eigenvalue weighted by atomic mass is 9.95. The average Bonchev–Trinajstić information content (AvgIpc) is 2.04. The monoisotopic (exact) mass is 157 g/mol. The van der Waals surface area contributed by atoms with Crippen molar-refractivity contribution in [2.24, 2.45) is 11.2 Å². The topological polar surface area (TPSA) is 44.7 Å². The standard InChI is InChI=1S/C7H15N3O/c1-6-3-4-8-5-7(6)10(2)9-11/h6-8H,3-5H2,1-2H3/t6-,7+/m1/s1. The number of nitrogens with zero attached hydrogens (tertiary/aromatic N) is 2. The Balaban J connectivity index is 2.46. The van der Waals surface area contributed by atoms with Crippen LogP contribution in [0.25, 0.3) is 0 Å². The van der Waals surface area contributed by atoms with Crippen LogP contribution in [-0.2, 0) is 0 Å². The van der Waals surface area contributed by atoms with Crippen LogP contribution in [0, 0.1) is 10.8 Å². The second-order valence-electron chi connectivity index (χ2n) is 3.19. The summed E-state index contributed by atoms with van der Waals surface area (Å²) in [5.74, 6) is 0.568. The van der Waals surface area contributed by atoms with Gasteiger partial charge in [-0.25, -0.2) is 0 Å². The van der Waals surface area contributed by atoms with Crippen molar-refractivity contribution in [2.45, 2.75) is 19.4 Å². The van der Waals surface area contributed by atoms with E-state index in [0.717, 1.165) is 19.5 Å². The number of nitrogens with one attached hydrogen (secondary N) is 1. The first kappa shape index (κ1) is 8.46.